The van der Waals surface area contributed by atoms with Gasteiger partial charge in [0.2, 0.25) is 0 Å². The molecule has 2 unspecified atom stereocenters. The molecule has 2 N–H and O–H groups in total. The van der Waals surface area contributed by atoms with Gasteiger partial charge in [-0.05, 0) is 57.0 Å². The summed E-state index contributed by atoms with van der Waals surface area (Å²) in [5.74, 6) is 0.903. The maximum atomic E-state index is 5.14. The van der Waals surface area contributed by atoms with Crippen molar-refractivity contribution in [2.75, 3.05) is 19.0 Å². The zero-order valence-electron chi connectivity index (χ0n) is 10.7. The average Bonchev–Trinajstić information content (AvgIpc) is 2.82. The molecule has 0 radical (unpaired) electrons. The van der Waals surface area contributed by atoms with E-state index < -0.39 is 0 Å². The Morgan fingerprint density at radius 1 is 1.41 bits per heavy atom. The Labute approximate surface area is 104 Å². The Balaban J connectivity index is 1.81. The zero-order chi connectivity index (χ0) is 12.1. The fourth-order valence-electron chi connectivity index (χ4n) is 2.42. The number of anilines is 1. The Morgan fingerprint density at radius 3 is 2.76 bits per heavy atom. The van der Waals surface area contributed by atoms with Gasteiger partial charge >= 0.3 is 0 Å². The zero-order valence-corrected chi connectivity index (χ0v) is 10.7. The fourth-order valence-corrected chi connectivity index (χ4v) is 2.42. The highest BCUT2D eigenvalue weighted by Crippen LogP contribution is 2.18. The minimum absolute atomic E-state index is 0.499. The Hall–Kier alpha value is -1.22. The van der Waals surface area contributed by atoms with E-state index in [2.05, 4.69) is 29.7 Å². The highest BCUT2D eigenvalue weighted by Gasteiger charge is 2.16. The van der Waals surface area contributed by atoms with E-state index in [0.29, 0.717) is 12.1 Å². The Kier molecular flexibility index (Phi) is 4.26. The lowest BCUT2D eigenvalue weighted by atomic mass is 10.1. The number of ether oxygens (including phenoxy) is 1. The molecule has 1 aliphatic rings. The summed E-state index contributed by atoms with van der Waals surface area (Å²) in [6.07, 6.45) is 3.82. The van der Waals surface area contributed by atoms with Crippen molar-refractivity contribution in [3.63, 3.8) is 0 Å². The standard InChI is InChI=1S/C14H22N2O/c1-11(10-13-4-3-9-15-13)16-12-5-7-14(17-2)8-6-12/h5-8,11,13,15-16H,3-4,9-10H2,1-2H3. The first-order chi connectivity index (χ1) is 8.28. The van der Waals surface area contributed by atoms with E-state index in [1.807, 2.05) is 12.1 Å². The third kappa shape index (κ3) is 3.63. The number of rotatable bonds is 5. The van der Waals surface area contributed by atoms with Crippen molar-refractivity contribution < 1.29 is 4.74 Å². The van der Waals surface area contributed by atoms with Crippen LogP contribution in [0.1, 0.15) is 26.2 Å². The van der Waals surface area contributed by atoms with Gasteiger partial charge in [-0.25, -0.2) is 0 Å². The van der Waals surface area contributed by atoms with Crippen LogP contribution >= 0.6 is 0 Å². The molecule has 1 saturated heterocycles. The van der Waals surface area contributed by atoms with Crippen molar-refractivity contribution in [1.29, 1.82) is 0 Å². The minimum atomic E-state index is 0.499. The molecule has 0 spiro atoms. The van der Waals surface area contributed by atoms with E-state index in [-0.39, 0.29) is 0 Å². The summed E-state index contributed by atoms with van der Waals surface area (Å²) in [6, 6.07) is 9.30. The molecule has 17 heavy (non-hydrogen) atoms. The molecule has 94 valence electrons. The first-order valence-corrected chi connectivity index (χ1v) is 6.42. The Morgan fingerprint density at radius 2 is 2.18 bits per heavy atom. The second kappa shape index (κ2) is 5.92. The fraction of sp³-hybridized carbons (Fsp3) is 0.571. The van der Waals surface area contributed by atoms with Crippen LogP contribution in [0.5, 0.6) is 5.75 Å². The van der Waals surface area contributed by atoms with E-state index >= 15 is 0 Å². The van der Waals surface area contributed by atoms with Crippen molar-refractivity contribution in [2.24, 2.45) is 0 Å². The van der Waals surface area contributed by atoms with E-state index in [1.165, 1.54) is 25.8 Å². The SMILES string of the molecule is COc1ccc(NC(C)CC2CCCN2)cc1. The summed E-state index contributed by atoms with van der Waals surface area (Å²) in [4.78, 5) is 0. The smallest absolute Gasteiger partial charge is 0.119 e. The molecule has 1 aromatic rings. The minimum Gasteiger partial charge on any atom is -0.497 e. The summed E-state index contributed by atoms with van der Waals surface area (Å²) in [7, 11) is 1.69. The highest BCUT2D eigenvalue weighted by atomic mass is 16.5. The molecule has 2 atom stereocenters. The molecule has 0 amide bonds. The van der Waals surface area contributed by atoms with Crippen molar-refractivity contribution >= 4 is 5.69 Å². The molecule has 0 aromatic heterocycles. The summed E-state index contributed by atoms with van der Waals surface area (Å²) in [6.45, 7) is 3.42. The summed E-state index contributed by atoms with van der Waals surface area (Å²) >= 11 is 0. The number of benzene rings is 1. The van der Waals surface area contributed by atoms with Gasteiger partial charge in [0.25, 0.3) is 0 Å². The van der Waals surface area contributed by atoms with E-state index in [4.69, 9.17) is 4.74 Å². The second-order valence-corrected chi connectivity index (χ2v) is 4.80. The van der Waals surface area contributed by atoms with Crippen LogP contribution < -0.4 is 15.4 Å². The average molecular weight is 234 g/mol. The first kappa shape index (κ1) is 12.2. The lowest BCUT2D eigenvalue weighted by molar-refractivity contribution is 0.415. The van der Waals surface area contributed by atoms with Crippen molar-refractivity contribution in [3.8, 4) is 5.75 Å². The topological polar surface area (TPSA) is 33.3 Å². The van der Waals surface area contributed by atoms with Gasteiger partial charge in [0.05, 0.1) is 7.11 Å². The van der Waals surface area contributed by atoms with E-state index in [9.17, 15) is 0 Å². The largest absolute Gasteiger partial charge is 0.497 e. The van der Waals surface area contributed by atoms with Crippen LogP contribution in [0, 0.1) is 0 Å². The highest BCUT2D eigenvalue weighted by molar-refractivity contribution is 5.46. The predicted octanol–water partition coefficient (Wildman–Crippen LogP) is 2.64. The van der Waals surface area contributed by atoms with Crippen molar-refractivity contribution in [2.45, 2.75) is 38.3 Å². The molecule has 0 bridgehead atoms. The molecule has 1 fully saturated rings. The van der Waals surface area contributed by atoms with Gasteiger partial charge in [-0.1, -0.05) is 0 Å². The number of hydrogen-bond donors (Lipinski definition) is 2. The lowest BCUT2D eigenvalue weighted by Gasteiger charge is -2.19. The molecule has 1 heterocycles. The van der Waals surface area contributed by atoms with Crippen molar-refractivity contribution in [1.82, 2.24) is 5.32 Å². The number of hydrogen-bond acceptors (Lipinski definition) is 3. The lowest BCUT2D eigenvalue weighted by Crippen LogP contribution is -2.29. The van der Waals surface area contributed by atoms with Crippen LogP contribution in [-0.4, -0.2) is 25.7 Å². The summed E-state index contributed by atoms with van der Waals surface area (Å²) < 4.78 is 5.14. The molecular weight excluding hydrogens is 212 g/mol. The van der Waals surface area contributed by atoms with Crippen LogP contribution in [0.3, 0.4) is 0 Å². The third-order valence-electron chi connectivity index (χ3n) is 3.30. The van der Waals surface area contributed by atoms with Crippen molar-refractivity contribution in [3.05, 3.63) is 24.3 Å². The maximum Gasteiger partial charge on any atom is 0.119 e. The molecule has 3 nitrogen and oxygen atoms in total. The first-order valence-electron chi connectivity index (χ1n) is 6.42. The molecule has 2 rings (SSSR count). The van der Waals surface area contributed by atoms with Gasteiger partial charge in [-0.15, -0.1) is 0 Å². The molecule has 0 saturated carbocycles. The van der Waals surface area contributed by atoms with Crippen LogP contribution in [0.25, 0.3) is 0 Å². The van der Waals surface area contributed by atoms with Gasteiger partial charge in [0, 0.05) is 17.8 Å². The molecule has 1 aromatic carbocycles. The van der Waals surface area contributed by atoms with E-state index in [0.717, 1.165) is 11.4 Å². The van der Waals surface area contributed by atoms with Crippen LogP contribution in [0.15, 0.2) is 24.3 Å². The monoisotopic (exact) mass is 234 g/mol. The van der Waals surface area contributed by atoms with Crippen LogP contribution in [0.2, 0.25) is 0 Å². The summed E-state index contributed by atoms with van der Waals surface area (Å²) in [5.41, 5.74) is 1.16. The summed E-state index contributed by atoms with van der Waals surface area (Å²) in [5, 5.41) is 7.06. The van der Waals surface area contributed by atoms with Gasteiger partial charge in [-0.3, -0.25) is 0 Å². The second-order valence-electron chi connectivity index (χ2n) is 4.80. The number of nitrogens with one attached hydrogen (secondary N) is 2. The number of methoxy groups -OCH3 is 1. The van der Waals surface area contributed by atoms with Gasteiger partial charge in [-0.2, -0.15) is 0 Å². The maximum absolute atomic E-state index is 5.14. The van der Waals surface area contributed by atoms with Crippen LogP contribution in [-0.2, 0) is 0 Å². The van der Waals surface area contributed by atoms with Crippen LogP contribution in [0.4, 0.5) is 5.69 Å². The van der Waals surface area contributed by atoms with E-state index in [1.54, 1.807) is 7.11 Å². The molecule has 0 aliphatic carbocycles. The van der Waals surface area contributed by atoms with Gasteiger partial charge < -0.3 is 15.4 Å². The normalized spacial score (nSPS) is 21.2. The van der Waals surface area contributed by atoms with Gasteiger partial charge in [0.15, 0.2) is 0 Å². The molecular formula is C14H22N2O. The Bertz CT molecular complexity index is 331. The van der Waals surface area contributed by atoms with Gasteiger partial charge in [0.1, 0.15) is 5.75 Å². The quantitative estimate of drug-likeness (QED) is 0.821. The predicted molar refractivity (Wildman–Crippen MR) is 71.7 cm³/mol. The molecule has 1 aliphatic heterocycles. The molecule has 3 heteroatoms. The third-order valence-corrected chi connectivity index (χ3v) is 3.30.